The number of carbonyl (C=O) groups excluding carboxylic acids is 1. The Morgan fingerprint density at radius 3 is 2.59 bits per heavy atom. The van der Waals surface area contributed by atoms with Gasteiger partial charge in [-0.3, -0.25) is 9.52 Å². The third kappa shape index (κ3) is 5.55. The van der Waals surface area contributed by atoms with E-state index in [1.54, 1.807) is 43.3 Å². The first-order valence-corrected chi connectivity index (χ1v) is 12.6. The highest BCUT2D eigenvalue weighted by atomic mass is 32.2. The molecule has 0 spiro atoms. The summed E-state index contributed by atoms with van der Waals surface area (Å²) in [5.74, 6) is 0.453. The van der Waals surface area contributed by atoms with Crippen LogP contribution in [0, 0.1) is 13.8 Å². The number of aryl methyl sites for hydroxylation is 2. The Bertz CT molecular complexity index is 1290. The van der Waals surface area contributed by atoms with Crippen LogP contribution in [-0.4, -0.2) is 45.6 Å². The highest BCUT2D eigenvalue weighted by molar-refractivity contribution is 7.92. The molecule has 1 aliphatic heterocycles. The molecule has 2 heterocycles. The standard InChI is InChI=1S/C25H28N4O4S/c1-18-10-11-19(2)23(16-18)34(31,32)28-22-8-4-3-7-21(22)25(30)26-17-20-6-5-9-24(27-20)29-12-14-33-15-13-29/h3-11,16,28H,12-15,17H2,1-2H3,(H,26,30). The molecule has 1 aromatic heterocycles. The van der Waals surface area contributed by atoms with E-state index in [2.05, 4.69) is 19.9 Å². The van der Waals surface area contributed by atoms with E-state index in [1.165, 1.54) is 0 Å². The van der Waals surface area contributed by atoms with Crippen molar-refractivity contribution in [2.75, 3.05) is 35.9 Å². The van der Waals surface area contributed by atoms with E-state index in [1.807, 2.05) is 31.2 Å². The summed E-state index contributed by atoms with van der Waals surface area (Å²) in [6.07, 6.45) is 0. The van der Waals surface area contributed by atoms with Gasteiger partial charge in [0.05, 0.1) is 41.6 Å². The number of sulfonamides is 1. The smallest absolute Gasteiger partial charge is 0.262 e. The van der Waals surface area contributed by atoms with Crippen molar-refractivity contribution < 1.29 is 17.9 Å². The number of ether oxygens (including phenoxy) is 1. The second kappa shape index (κ2) is 10.2. The maximum atomic E-state index is 13.1. The van der Waals surface area contributed by atoms with Gasteiger partial charge in [0.2, 0.25) is 0 Å². The summed E-state index contributed by atoms with van der Waals surface area (Å²) in [5, 5.41) is 2.85. The molecule has 4 rings (SSSR count). The number of hydrogen-bond donors (Lipinski definition) is 2. The second-order valence-corrected chi connectivity index (χ2v) is 9.84. The van der Waals surface area contributed by atoms with Crippen molar-refractivity contribution in [3.05, 3.63) is 83.0 Å². The van der Waals surface area contributed by atoms with Crippen molar-refractivity contribution in [2.45, 2.75) is 25.3 Å². The molecule has 2 aromatic carbocycles. The third-order valence-electron chi connectivity index (χ3n) is 5.61. The Morgan fingerprint density at radius 2 is 1.79 bits per heavy atom. The summed E-state index contributed by atoms with van der Waals surface area (Å²) in [7, 11) is -3.87. The molecule has 0 saturated carbocycles. The number of aromatic nitrogens is 1. The SMILES string of the molecule is Cc1ccc(C)c(S(=O)(=O)Nc2ccccc2C(=O)NCc2cccc(N3CCOCC3)n2)c1. The lowest BCUT2D eigenvalue weighted by Gasteiger charge is -2.28. The van der Waals surface area contributed by atoms with Crippen LogP contribution in [0.5, 0.6) is 0 Å². The van der Waals surface area contributed by atoms with Crippen molar-refractivity contribution in [1.82, 2.24) is 10.3 Å². The number of anilines is 2. The second-order valence-electron chi connectivity index (χ2n) is 8.19. The van der Waals surface area contributed by atoms with Crippen molar-refractivity contribution >= 4 is 27.4 Å². The molecule has 8 nitrogen and oxygen atoms in total. The number of morpholine rings is 1. The normalized spacial score (nSPS) is 14.0. The van der Waals surface area contributed by atoms with Crippen molar-refractivity contribution in [3.8, 4) is 0 Å². The number of benzene rings is 2. The molecule has 2 N–H and O–H groups in total. The Balaban J connectivity index is 1.48. The molecule has 3 aromatic rings. The number of pyridine rings is 1. The van der Waals surface area contributed by atoms with E-state index >= 15 is 0 Å². The predicted molar refractivity (Wildman–Crippen MR) is 132 cm³/mol. The Morgan fingerprint density at radius 1 is 1.03 bits per heavy atom. The third-order valence-corrected chi connectivity index (χ3v) is 7.11. The van der Waals surface area contributed by atoms with E-state index in [0.717, 1.165) is 24.5 Å². The number of amides is 1. The van der Waals surface area contributed by atoms with Gasteiger partial charge >= 0.3 is 0 Å². The predicted octanol–water partition coefficient (Wildman–Crippen LogP) is 3.27. The molecule has 0 unspecified atom stereocenters. The van der Waals surface area contributed by atoms with Gasteiger partial charge in [0.1, 0.15) is 5.82 Å². The van der Waals surface area contributed by atoms with E-state index in [9.17, 15) is 13.2 Å². The number of carbonyl (C=O) groups is 1. The molecule has 1 fully saturated rings. The fourth-order valence-electron chi connectivity index (χ4n) is 3.77. The molecule has 0 bridgehead atoms. The number of nitrogens with one attached hydrogen (secondary N) is 2. The molecular formula is C25H28N4O4S. The van der Waals surface area contributed by atoms with Gasteiger partial charge < -0.3 is 15.0 Å². The molecule has 0 radical (unpaired) electrons. The van der Waals surface area contributed by atoms with Crippen LogP contribution in [0.1, 0.15) is 27.2 Å². The Labute approximate surface area is 200 Å². The lowest BCUT2D eigenvalue weighted by atomic mass is 10.1. The summed E-state index contributed by atoms with van der Waals surface area (Å²) < 4.78 is 34.1. The van der Waals surface area contributed by atoms with Gasteiger partial charge in [0, 0.05) is 13.1 Å². The summed E-state index contributed by atoms with van der Waals surface area (Å²) in [6, 6.07) is 17.5. The minimum Gasteiger partial charge on any atom is -0.378 e. The molecule has 178 valence electrons. The number of hydrogen-bond acceptors (Lipinski definition) is 6. The number of rotatable bonds is 7. The molecule has 1 amide bonds. The van der Waals surface area contributed by atoms with E-state index in [0.29, 0.717) is 24.5 Å². The number of para-hydroxylation sites is 1. The minimum atomic E-state index is -3.87. The van der Waals surface area contributed by atoms with Gasteiger partial charge in [0.15, 0.2) is 0 Å². The van der Waals surface area contributed by atoms with Crippen molar-refractivity contribution in [2.24, 2.45) is 0 Å². The molecule has 0 aliphatic carbocycles. The Kier molecular flexibility index (Phi) is 7.14. The quantitative estimate of drug-likeness (QED) is 0.538. The van der Waals surface area contributed by atoms with Crippen molar-refractivity contribution in [1.29, 1.82) is 0 Å². The Hall–Kier alpha value is -3.43. The lowest BCUT2D eigenvalue weighted by molar-refractivity contribution is 0.0951. The highest BCUT2D eigenvalue weighted by Gasteiger charge is 2.21. The molecular weight excluding hydrogens is 452 g/mol. The van der Waals surface area contributed by atoms with Gasteiger partial charge in [0.25, 0.3) is 15.9 Å². The van der Waals surface area contributed by atoms with Crippen LogP contribution in [0.4, 0.5) is 11.5 Å². The minimum absolute atomic E-state index is 0.187. The van der Waals surface area contributed by atoms with Crippen LogP contribution in [-0.2, 0) is 21.3 Å². The topological polar surface area (TPSA) is 101 Å². The summed E-state index contributed by atoms with van der Waals surface area (Å²) >= 11 is 0. The van der Waals surface area contributed by atoms with Crippen LogP contribution in [0.3, 0.4) is 0 Å². The summed E-state index contributed by atoms with van der Waals surface area (Å²) in [4.78, 5) is 19.9. The van der Waals surface area contributed by atoms with Gasteiger partial charge in [-0.1, -0.05) is 30.3 Å². The molecule has 0 atom stereocenters. The molecule has 34 heavy (non-hydrogen) atoms. The maximum Gasteiger partial charge on any atom is 0.262 e. The molecule has 9 heteroatoms. The summed E-state index contributed by atoms with van der Waals surface area (Å²) in [6.45, 7) is 6.67. The number of nitrogens with zero attached hydrogens (tertiary/aromatic N) is 2. The van der Waals surface area contributed by atoms with E-state index in [4.69, 9.17) is 4.74 Å². The van der Waals surface area contributed by atoms with Gasteiger partial charge in [-0.05, 0) is 55.3 Å². The summed E-state index contributed by atoms with van der Waals surface area (Å²) in [5.41, 5.74) is 2.64. The van der Waals surface area contributed by atoms with Gasteiger partial charge in [-0.15, -0.1) is 0 Å². The average Bonchev–Trinajstić information content (AvgIpc) is 2.85. The van der Waals surface area contributed by atoms with Crippen LogP contribution >= 0.6 is 0 Å². The van der Waals surface area contributed by atoms with Gasteiger partial charge in [-0.25, -0.2) is 13.4 Å². The average molecular weight is 481 g/mol. The maximum absolute atomic E-state index is 13.1. The fourth-order valence-corrected chi connectivity index (χ4v) is 5.18. The molecule has 1 saturated heterocycles. The van der Waals surface area contributed by atoms with Crippen LogP contribution in [0.15, 0.2) is 65.6 Å². The zero-order valence-corrected chi connectivity index (χ0v) is 20.1. The zero-order chi connectivity index (χ0) is 24.1. The van der Waals surface area contributed by atoms with E-state index < -0.39 is 15.9 Å². The first kappa shape index (κ1) is 23.7. The van der Waals surface area contributed by atoms with Crippen LogP contribution in [0.2, 0.25) is 0 Å². The first-order valence-electron chi connectivity index (χ1n) is 11.1. The first-order chi connectivity index (χ1) is 16.3. The monoisotopic (exact) mass is 480 g/mol. The van der Waals surface area contributed by atoms with Crippen LogP contribution < -0.4 is 14.9 Å². The fraction of sp³-hybridized carbons (Fsp3) is 0.280. The zero-order valence-electron chi connectivity index (χ0n) is 19.2. The lowest BCUT2D eigenvalue weighted by Crippen LogP contribution is -2.37. The molecule has 1 aliphatic rings. The highest BCUT2D eigenvalue weighted by Crippen LogP contribution is 2.23. The van der Waals surface area contributed by atoms with Crippen LogP contribution in [0.25, 0.3) is 0 Å². The van der Waals surface area contributed by atoms with Gasteiger partial charge in [-0.2, -0.15) is 0 Å². The van der Waals surface area contributed by atoms with E-state index in [-0.39, 0.29) is 22.7 Å². The largest absolute Gasteiger partial charge is 0.378 e. The van der Waals surface area contributed by atoms with Crippen molar-refractivity contribution in [3.63, 3.8) is 0 Å².